The van der Waals surface area contributed by atoms with E-state index in [0.29, 0.717) is 6.54 Å². The molecule has 2 rings (SSSR count). The van der Waals surface area contributed by atoms with Gasteiger partial charge in [0.2, 0.25) is 6.41 Å². The van der Waals surface area contributed by atoms with Gasteiger partial charge in [0.25, 0.3) is 0 Å². The van der Waals surface area contributed by atoms with Gasteiger partial charge in [-0.15, -0.1) is 0 Å². The fourth-order valence-electron chi connectivity index (χ4n) is 1.64. The first-order chi connectivity index (χ1) is 6.88. The quantitative estimate of drug-likeness (QED) is 0.674. The van der Waals surface area contributed by atoms with Crippen LogP contribution in [0.5, 0.6) is 5.75 Å². The van der Waals surface area contributed by atoms with E-state index in [-0.39, 0.29) is 6.10 Å². The van der Waals surface area contributed by atoms with Gasteiger partial charge >= 0.3 is 0 Å². The average Bonchev–Trinajstić information content (AvgIpc) is 2.67. The van der Waals surface area contributed by atoms with Crippen LogP contribution in [-0.2, 0) is 4.79 Å². The Morgan fingerprint density at radius 2 is 2.14 bits per heavy atom. The monoisotopic (exact) mass is 191 g/mol. The lowest BCUT2D eigenvalue weighted by Gasteiger charge is -2.13. The van der Waals surface area contributed by atoms with E-state index in [9.17, 15) is 4.79 Å². The maximum absolute atomic E-state index is 10.5. The molecule has 1 unspecified atom stereocenters. The minimum Gasteiger partial charge on any atom is -0.489 e. The zero-order chi connectivity index (χ0) is 9.80. The van der Waals surface area contributed by atoms with Crippen LogP contribution < -0.4 is 4.74 Å². The molecule has 1 saturated heterocycles. The van der Waals surface area contributed by atoms with Crippen LogP contribution in [0.15, 0.2) is 30.3 Å². The van der Waals surface area contributed by atoms with Crippen LogP contribution in [0.3, 0.4) is 0 Å². The largest absolute Gasteiger partial charge is 0.489 e. The third-order valence-electron chi connectivity index (χ3n) is 2.37. The third-order valence-corrected chi connectivity index (χ3v) is 2.37. The smallest absolute Gasteiger partial charge is 0.209 e. The Morgan fingerprint density at radius 1 is 1.36 bits per heavy atom. The topological polar surface area (TPSA) is 29.5 Å². The van der Waals surface area contributed by atoms with Crippen LogP contribution in [-0.4, -0.2) is 30.5 Å². The molecule has 0 aliphatic carbocycles. The predicted octanol–water partition coefficient (Wildman–Crippen LogP) is 1.30. The number of rotatable bonds is 3. The summed E-state index contributed by atoms with van der Waals surface area (Å²) in [5.41, 5.74) is 0. The second-order valence-corrected chi connectivity index (χ2v) is 3.44. The molecule has 1 aromatic rings. The summed E-state index contributed by atoms with van der Waals surface area (Å²) in [6.07, 6.45) is 1.96. The van der Waals surface area contributed by atoms with Crippen molar-refractivity contribution < 1.29 is 9.53 Å². The van der Waals surface area contributed by atoms with Crippen molar-refractivity contribution >= 4 is 6.41 Å². The van der Waals surface area contributed by atoms with Gasteiger partial charge in [-0.2, -0.15) is 0 Å². The average molecular weight is 191 g/mol. The second kappa shape index (κ2) is 4.13. The number of hydrogen-bond acceptors (Lipinski definition) is 2. The van der Waals surface area contributed by atoms with Crippen molar-refractivity contribution in [3.8, 4) is 5.75 Å². The highest BCUT2D eigenvalue weighted by atomic mass is 16.5. The first kappa shape index (κ1) is 9.06. The van der Waals surface area contributed by atoms with Crippen molar-refractivity contribution in [2.75, 3.05) is 13.1 Å². The minimum atomic E-state index is 0.155. The van der Waals surface area contributed by atoms with Gasteiger partial charge in [-0.05, 0) is 12.1 Å². The number of carbonyl (C=O) groups excluding carboxylic acids is 1. The van der Waals surface area contributed by atoms with Gasteiger partial charge < -0.3 is 9.64 Å². The number of likely N-dealkylation sites (tertiary alicyclic amines) is 1. The normalized spacial score (nSPS) is 20.9. The molecule has 0 spiro atoms. The van der Waals surface area contributed by atoms with Gasteiger partial charge in [0.15, 0.2) is 0 Å². The summed E-state index contributed by atoms with van der Waals surface area (Å²) in [6.45, 7) is 1.51. The van der Waals surface area contributed by atoms with E-state index >= 15 is 0 Å². The summed E-state index contributed by atoms with van der Waals surface area (Å²) in [7, 11) is 0. The summed E-state index contributed by atoms with van der Waals surface area (Å²) in [5, 5.41) is 0. The summed E-state index contributed by atoms with van der Waals surface area (Å²) < 4.78 is 5.71. The standard InChI is InChI=1S/C11H13NO2/c13-9-12-7-6-11(8-12)14-10-4-2-1-3-5-10/h1-5,9,11H,6-8H2. The van der Waals surface area contributed by atoms with Crippen molar-refractivity contribution in [3.05, 3.63) is 30.3 Å². The van der Waals surface area contributed by atoms with Gasteiger partial charge in [-0.3, -0.25) is 4.79 Å². The van der Waals surface area contributed by atoms with Gasteiger partial charge in [-0.1, -0.05) is 18.2 Å². The Balaban J connectivity index is 1.90. The lowest BCUT2D eigenvalue weighted by Crippen LogP contribution is -2.23. The number of nitrogens with zero attached hydrogens (tertiary/aromatic N) is 1. The van der Waals surface area contributed by atoms with Crippen molar-refractivity contribution in [3.63, 3.8) is 0 Å². The molecule has 3 nitrogen and oxygen atoms in total. The summed E-state index contributed by atoms with van der Waals surface area (Å²) in [5.74, 6) is 0.880. The third kappa shape index (κ3) is 2.05. The van der Waals surface area contributed by atoms with Gasteiger partial charge in [0, 0.05) is 13.0 Å². The van der Waals surface area contributed by atoms with E-state index < -0.39 is 0 Å². The zero-order valence-corrected chi connectivity index (χ0v) is 7.93. The first-order valence-corrected chi connectivity index (χ1v) is 4.79. The van der Waals surface area contributed by atoms with E-state index in [0.717, 1.165) is 25.1 Å². The van der Waals surface area contributed by atoms with E-state index in [1.807, 2.05) is 30.3 Å². The molecule has 74 valence electrons. The number of para-hydroxylation sites is 1. The Kier molecular flexibility index (Phi) is 2.68. The number of carbonyl (C=O) groups is 1. The van der Waals surface area contributed by atoms with E-state index in [4.69, 9.17) is 4.74 Å². The highest BCUT2D eigenvalue weighted by molar-refractivity contribution is 5.47. The van der Waals surface area contributed by atoms with Crippen LogP contribution in [0, 0.1) is 0 Å². The highest BCUT2D eigenvalue weighted by Gasteiger charge is 2.22. The fraction of sp³-hybridized carbons (Fsp3) is 0.364. The van der Waals surface area contributed by atoms with Gasteiger partial charge in [0.05, 0.1) is 6.54 Å². The predicted molar refractivity (Wildman–Crippen MR) is 53.1 cm³/mol. The molecule has 0 saturated carbocycles. The molecule has 1 atom stereocenters. The van der Waals surface area contributed by atoms with Crippen LogP contribution in [0.4, 0.5) is 0 Å². The van der Waals surface area contributed by atoms with Crippen molar-refractivity contribution in [2.24, 2.45) is 0 Å². The van der Waals surface area contributed by atoms with Crippen molar-refractivity contribution in [1.82, 2.24) is 4.90 Å². The van der Waals surface area contributed by atoms with Crippen LogP contribution in [0.25, 0.3) is 0 Å². The molecule has 3 heteroatoms. The molecule has 1 amide bonds. The maximum atomic E-state index is 10.5. The lowest BCUT2D eigenvalue weighted by molar-refractivity contribution is -0.117. The summed E-state index contributed by atoms with van der Waals surface area (Å²) in [4.78, 5) is 12.2. The van der Waals surface area contributed by atoms with E-state index in [1.165, 1.54) is 0 Å². The van der Waals surface area contributed by atoms with E-state index in [1.54, 1.807) is 4.90 Å². The molecular weight excluding hydrogens is 178 g/mol. The van der Waals surface area contributed by atoms with E-state index in [2.05, 4.69) is 0 Å². The molecule has 14 heavy (non-hydrogen) atoms. The Morgan fingerprint density at radius 3 is 2.79 bits per heavy atom. The molecule has 1 aromatic carbocycles. The highest BCUT2D eigenvalue weighted by Crippen LogP contribution is 2.16. The van der Waals surface area contributed by atoms with Crippen LogP contribution in [0.1, 0.15) is 6.42 Å². The maximum Gasteiger partial charge on any atom is 0.209 e. The molecular formula is C11H13NO2. The van der Waals surface area contributed by atoms with Crippen molar-refractivity contribution in [1.29, 1.82) is 0 Å². The molecule has 1 aliphatic heterocycles. The SMILES string of the molecule is O=CN1CCC(Oc2ccccc2)C1. The molecule has 1 fully saturated rings. The molecule has 1 aliphatic rings. The summed E-state index contributed by atoms with van der Waals surface area (Å²) in [6, 6.07) is 9.72. The molecule has 1 heterocycles. The van der Waals surface area contributed by atoms with Gasteiger partial charge in [0.1, 0.15) is 11.9 Å². The zero-order valence-electron chi connectivity index (χ0n) is 7.93. The van der Waals surface area contributed by atoms with Crippen molar-refractivity contribution in [2.45, 2.75) is 12.5 Å². The number of ether oxygens (including phenoxy) is 1. The molecule has 0 aromatic heterocycles. The minimum absolute atomic E-state index is 0.155. The van der Waals surface area contributed by atoms with Gasteiger partial charge in [-0.25, -0.2) is 0 Å². The molecule has 0 N–H and O–H groups in total. The number of benzene rings is 1. The lowest BCUT2D eigenvalue weighted by atomic mass is 10.3. The second-order valence-electron chi connectivity index (χ2n) is 3.44. The fourth-order valence-corrected chi connectivity index (χ4v) is 1.64. The molecule has 0 bridgehead atoms. The number of amides is 1. The Bertz CT molecular complexity index is 299. The first-order valence-electron chi connectivity index (χ1n) is 4.79. The van der Waals surface area contributed by atoms with Crippen LogP contribution >= 0.6 is 0 Å². The number of hydrogen-bond donors (Lipinski definition) is 0. The summed E-state index contributed by atoms with van der Waals surface area (Å²) >= 11 is 0. The Labute approximate surface area is 83.3 Å². The molecule has 0 radical (unpaired) electrons. The Hall–Kier alpha value is -1.51. The van der Waals surface area contributed by atoms with Crippen LogP contribution in [0.2, 0.25) is 0 Å².